The molecule has 1 amide bonds. The topological polar surface area (TPSA) is 102 Å². The molecule has 0 saturated heterocycles. The third-order valence-electron chi connectivity index (χ3n) is 5.43. The predicted octanol–water partition coefficient (Wildman–Crippen LogP) is 3.40. The quantitative estimate of drug-likeness (QED) is 0.647. The van der Waals surface area contributed by atoms with Gasteiger partial charge >= 0.3 is 0 Å². The number of carbonyl (C=O) groups excluding carboxylic acids is 3. The Morgan fingerprint density at radius 2 is 1.62 bits per heavy atom. The van der Waals surface area contributed by atoms with Gasteiger partial charge in [0.1, 0.15) is 5.75 Å². The number of rotatable bonds is 7. The highest BCUT2D eigenvalue weighted by Gasteiger charge is 2.34. The van der Waals surface area contributed by atoms with Crippen LogP contribution in [-0.2, 0) is 25.5 Å². The number of Topliss-reactive ketones (excluding diaryl/α,β-unsaturated/α-hetero) is 2. The fraction of sp³-hybridized carbons (Fsp3) is 0.240. The summed E-state index contributed by atoms with van der Waals surface area (Å²) in [5.41, 5.74) is 2.11. The van der Waals surface area contributed by atoms with E-state index in [1.165, 1.54) is 26.4 Å². The lowest BCUT2D eigenvalue weighted by atomic mass is 9.88. The van der Waals surface area contributed by atoms with Crippen LogP contribution in [0.2, 0.25) is 0 Å². The first-order valence-electron chi connectivity index (χ1n) is 10.1. The molecule has 0 aliphatic heterocycles. The van der Waals surface area contributed by atoms with Gasteiger partial charge < -0.3 is 19.9 Å². The highest BCUT2D eigenvalue weighted by Crippen LogP contribution is 2.29. The lowest BCUT2D eigenvalue weighted by Crippen LogP contribution is -2.27. The summed E-state index contributed by atoms with van der Waals surface area (Å²) >= 11 is 0. The van der Waals surface area contributed by atoms with Crippen molar-refractivity contribution in [1.29, 1.82) is 0 Å². The van der Waals surface area contributed by atoms with Crippen LogP contribution in [0.1, 0.15) is 41.4 Å². The summed E-state index contributed by atoms with van der Waals surface area (Å²) in [5.74, 6) is -1.77. The van der Waals surface area contributed by atoms with E-state index in [1.54, 1.807) is 13.0 Å². The third kappa shape index (κ3) is 4.42. The van der Waals surface area contributed by atoms with Crippen LogP contribution < -0.4 is 5.32 Å². The van der Waals surface area contributed by atoms with Gasteiger partial charge in [-0.1, -0.05) is 36.4 Å². The van der Waals surface area contributed by atoms with Crippen LogP contribution in [0.15, 0.2) is 71.2 Å². The van der Waals surface area contributed by atoms with E-state index in [0.29, 0.717) is 5.56 Å². The Balaban J connectivity index is 1.86. The van der Waals surface area contributed by atoms with Crippen molar-refractivity contribution in [3.8, 4) is 5.75 Å². The van der Waals surface area contributed by atoms with Crippen LogP contribution in [-0.4, -0.2) is 36.8 Å². The first-order chi connectivity index (χ1) is 15.3. The number of hydrogen-bond donors (Lipinski definition) is 2. The first-order valence-corrected chi connectivity index (χ1v) is 10.1. The second kappa shape index (κ2) is 9.51. The number of amides is 1. The third-order valence-corrected chi connectivity index (χ3v) is 5.43. The van der Waals surface area contributed by atoms with E-state index in [1.807, 2.05) is 37.3 Å². The fourth-order valence-corrected chi connectivity index (χ4v) is 3.58. The lowest BCUT2D eigenvalue weighted by molar-refractivity contribution is -0.121. The standard InChI is InChI=1S/C25H25NO6/c1-14-18(22(29)24(32-4)23(31-3)21(14)28)12-16-10-11-20(27)19(13-16)25(30)26-15(2)17-8-6-5-7-9-17/h5-11,13,15,27H,12H2,1-4H3,(H,26,30)/t15-/m1/s1. The number of carbonyl (C=O) groups is 3. The molecule has 32 heavy (non-hydrogen) atoms. The molecule has 7 nitrogen and oxygen atoms in total. The van der Waals surface area contributed by atoms with Crippen LogP contribution in [0.25, 0.3) is 0 Å². The SMILES string of the molecule is COC1=C(OC)C(=O)C(Cc2ccc(O)c(C(=O)N[C@H](C)c3ccccc3)c2)=C(C)C1=O. The van der Waals surface area contributed by atoms with E-state index >= 15 is 0 Å². The fourth-order valence-electron chi connectivity index (χ4n) is 3.58. The molecule has 0 unspecified atom stereocenters. The van der Waals surface area contributed by atoms with Crippen molar-refractivity contribution in [3.05, 3.63) is 87.9 Å². The molecule has 1 aliphatic rings. The maximum atomic E-state index is 12.9. The Morgan fingerprint density at radius 3 is 2.25 bits per heavy atom. The van der Waals surface area contributed by atoms with Gasteiger partial charge in [-0.25, -0.2) is 0 Å². The molecule has 0 aromatic heterocycles. The molecule has 0 spiro atoms. The number of phenolic OH excluding ortho intramolecular Hbond substituents is 1. The first kappa shape index (κ1) is 22.8. The molecule has 0 heterocycles. The van der Waals surface area contributed by atoms with Crippen LogP contribution in [0.3, 0.4) is 0 Å². The molecular weight excluding hydrogens is 410 g/mol. The summed E-state index contributed by atoms with van der Waals surface area (Å²) in [6.07, 6.45) is 0.0923. The van der Waals surface area contributed by atoms with Crippen molar-refractivity contribution in [1.82, 2.24) is 5.32 Å². The van der Waals surface area contributed by atoms with E-state index in [0.717, 1.165) is 5.56 Å². The van der Waals surface area contributed by atoms with Gasteiger partial charge in [0.25, 0.3) is 5.91 Å². The second-order valence-corrected chi connectivity index (χ2v) is 7.46. The van der Waals surface area contributed by atoms with E-state index < -0.39 is 17.5 Å². The maximum absolute atomic E-state index is 12.9. The zero-order valence-electron chi connectivity index (χ0n) is 18.4. The van der Waals surface area contributed by atoms with Crippen molar-refractivity contribution >= 4 is 17.5 Å². The van der Waals surface area contributed by atoms with E-state index in [-0.39, 0.29) is 46.4 Å². The van der Waals surface area contributed by atoms with Crippen LogP contribution in [0.4, 0.5) is 0 Å². The molecule has 0 radical (unpaired) electrons. The van der Waals surface area contributed by atoms with Crippen molar-refractivity contribution in [3.63, 3.8) is 0 Å². The number of nitrogens with one attached hydrogen (secondary N) is 1. The van der Waals surface area contributed by atoms with Crippen molar-refractivity contribution in [2.75, 3.05) is 14.2 Å². The highest BCUT2D eigenvalue weighted by molar-refractivity contribution is 6.23. The number of aromatic hydroxyl groups is 1. The molecule has 2 aromatic rings. The Bertz CT molecular complexity index is 1130. The minimum Gasteiger partial charge on any atom is -0.507 e. The Morgan fingerprint density at radius 1 is 1.00 bits per heavy atom. The average molecular weight is 435 g/mol. The van der Waals surface area contributed by atoms with Crippen LogP contribution >= 0.6 is 0 Å². The average Bonchev–Trinajstić information content (AvgIpc) is 2.80. The largest absolute Gasteiger partial charge is 0.507 e. The van der Waals surface area contributed by atoms with Crippen molar-refractivity contribution < 1.29 is 29.0 Å². The normalized spacial score (nSPS) is 15.0. The number of phenols is 1. The zero-order chi connectivity index (χ0) is 23.4. The number of methoxy groups -OCH3 is 2. The molecule has 0 saturated carbocycles. The summed E-state index contributed by atoms with van der Waals surface area (Å²) in [4.78, 5) is 38.3. The molecule has 1 aliphatic carbocycles. The summed E-state index contributed by atoms with van der Waals surface area (Å²) in [5, 5.41) is 13.1. The van der Waals surface area contributed by atoms with E-state index in [4.69, 9.17) is 9.47 Å². The molecule has 2 aromatic carbocycles. The molecule has 2 N–H and O–H groups in total. The maximum Gasteiger partial charge on any atom is 0.255 e. The second-order valence-electron chi connectivity index (χ2n) is 7.46. The predicted molar refractivity (Wildman–Crippen MR) is 118 cm³/mol. The van der Waals surface area contributed by atoms with Gasteiger partial charge in [-0.15, -0.1) is 0 Å². The Hall–Kier alpha value is -3.87. The minimum atomic E-state index is -0.448. The molecule has 1 atom stereocenters. The van der Waals surface area contributed by atoms with Crippen LogP contribution in [0.5, 0.6) is 5.75 Å². The molecule has 166 valence electrons. The zero-order valence-corrected chi connectivity index (χ0v) is 18.4. The van der Waals surface area contributed by atoms with E-state index in [2.05, 4.69) is 5.32 Å². The molecule has 7 heteroatoms. The van der Waals surface area contributed by atoms with E-state index in [9.17, 15) is 19.5 Å². The molecule has 0 bridgehead atoms. The van der Waals surface area contributed by atoms with Crippen molar-refractivity contribution in [2.45, 2.75) is 26.3 Å². The van der Waals surface area contributed by atoms with Gasteiger partial charge in [0.2, 0.25) is 23.1 Å². The summed E-state index contributed by atoms with van der Waals surface area (Å²) in [6, 6.07) is 13.7. The summed E-state index contributed by atoms with van der Waals surface area (Å²) in [7, 11) is 2.60. The van der Waals surface area contributed by atoms with Gasteiger partial charge in [-0.2, -0.15) is 0 Å². The van der Waals surface area contributed by atoms with Gasteiger partial charge in [-0.05, 0) is 37.1 Å². The number of allylic oxidation sites excluding steroid dienone is 2. The molecular formula is C25H25NO6. The Labute approximate surface area is 186 Å². The number of ketones is 2. The number of benzene rings is 2. The number of hydrogen-bond acceptors (Lipinski definition) is 6. The summed E-state index contributed by atoms with van der Waals surface area (Å²) < 4.78 is 10.2. The minimum absolute atomic E-state index is 0.0817. The molecule has 3 rings (SSSR count). The van der Waals surface area contributed by atoms with Crippen LogP contribution in [0, 0.1) is 0 Å². The Kier molecular flexibility index (Phi) is 6.78. The van der Waals surface area contributed by atoms with Gasteiger partial charge in [-0.3, -0.25) is 14.4 Å². The smallest absolute Gasteiger partial charge is 0.255 e. The summed E-state index contributed by atoms with van der Waals surface area (Å²) in [6.45, 7) is 3.40. The van der Waals surface area contributed by atoms with Gasteiger partial charge in [0.15, 0.2) is 0 Å². The molecule has 0 fully saturated rings. The van der Waals surface area contributed by atoms with Crippen molar-refractivity contribution in [2.24, 2.45) is 0 Å². The highest BCUT2D eigenvalue weighted by atomic mass is 16.5. The number of ether oxygens (including phenoxy) is 2. The lowest BCUT2D eigenvalue weighted by Gasteiger charge is -2.20. The monoisotopic (exact) mass is 435 g/mol. The van der Waals surface area contributed by atoms with Gasteiger partial charge in [0.05, 0.1) is 25.8 Å². The van der Waals surface area contributed by atoms with Gasteiger partial charge in [0, 0.05) is 17.6 Å².